The van der Waals surface area contributed by atoms with E-state index in [1.165, 1.54) is 12.8 Å². The van der Waals surface area contributed by atoms with Crippen LogP contribution < -0.4 is 0 Å². The van der Waals surface area contributed by atoms with Gasteiger partial charge in [-0.15, -0.1) is 0 Å². The molecule has 1 N–H and O–H groups in total. The number of imidazole rings is 1. The van der Waals surface area contributed by atoms with Gasteiger partial charge in [-0.25, -0.2) is 9.78 Å². The number of carboxylic acids is 1. The van der Waals surface area contributed by atoms with E-state index in [1.807, 2.05) is 6.20 Å². The number of carbonyl (C=O) groups is 1. The molecule has 7 nitrogen and oxygen atoms in total. The Hall–Kier alpha value is -1.44. The van der Waals surface area contributed by atoms with Gasteiger partial charge in [0, 0.05) is 38.1 Å². The second kappa shape index (κ2) is 6.70. The van der Waals surface area contributed by atoms with Crippen molar-refractivity contribution in [2.75, 3.05) is 20.3 Å². The minimum absolute atomic E-state index is 0.00634. The van der Waals surface area contributed by atoms with E-state index < -0.39 is 5.97 Å². The van der Waals surface area contributed by atoms with Gasteiger partial charge in [-0.2, -0.15) is 0 Å². The number of hydrogen-bond acceptors (Lipinski definition) is 5. The Morgan fingerprint density at radius 2 is 2.24 bits per heavy atom. The number of aromatic nitrogens is 2. The van der Waals surface area contributed by atoms with Gasteiger partial charge in [-0.3, -0.25) is 4.90 Å². The number of carboxylic acid groups (broad SMARTS) is 1. The highest BCUT2D eigenvalue weighted by molar-refractivity contribution is 5.68. The topological polar surface area (TPSA) is 76.8 Å². The molecule has 0 bridgehead atoms. The summed E-state index contributed by atoms with van der Waals surface area (Å²) in [7, 11) is 1.81. The maximum Gasteiger partial charge on any atom is 0.329 e. The molecule has 0 unspecified atom stereocenters. The maximum atomic E-state index is 10.8. The van der Waals surface area contributed by atoms with Gasteiger partial charge in [0.05, 0.1) is 18.2 Å². The lowest BCUT2D eigenvalue weighted by Gasteiger charge is -2.43. The van der Waals surface area contributed by atoms with Gasteiger partial charge >= 0.3 is 5.97 Å². The average Bonchev–Trinajstić information content (AvgIpc) is 3.25. The predicted molar refractivity (Wildman–Crippen MR) is 90.3 cm³/mol. The third-order valence-corrected chi connectivity index (χ3v) is 6.13. The number of rotatable bonds is 7. The van der Waals surface area contributed by atoms with Gasteiger partial charge in [0.25, 0.3) is 0 Å². The summed E-state index contributed by atoms with van der Waals surface area (Å²) >= 11 is 0. The second-order valence-electron chi connectivity index (χ2n) is 7.59. The number of nitrogens with zero attached hydrogens (tertiary/aromatic N) is 3. The first-order valence-electron chi connectivity index (χ1n) is 9.25. The maximum absolute atomic E-state index is 10.8. The first-order valence-corrected chi connectivity index (χ1v) is 9.25. The Labute approximate surface area is 147 Å². The summed E-state index contributed by atoms with van der Waals surface area (Å²) in [5.74, 6) is 0.223. The Kier molecular flexibility index (Phi) is 4.56. The summed E-state index contributed by atoms with van der Waals surface area (Å²) in [4.78, 5) is 17.8. The van der Waals surface area contributed by atoms with Gasteiger partial charge in [-0.1, -0.05) is 0 Å². The van der Waals surface area contributed by atoms with Crippen LogP contribution in [0.25, 0.3) is 0 Å². The molecule has 1 aliphatic heterocycles. The standard InChI is InChI=1S/C18H27N3O4/c1-24-18-5-4-14(25-12-17(22)23)10-15(18)20(8-6-18)11-16-19-7-9-21(16)13-2-3-13/h7,9,13-15H,2-6,8,10-12H2,1H3,(H,22,23)/t14-,15+,18-/m1/s1. The predicted octanol–water partition coefficient (Wildman–Crippen LogP) is 1.83. The van der Waals surface area contributed by atoms with E-state index in [1.54, 1.807) is 7.11 Å². The molecule has 1 aromatic heterocycles. The second-order valence-corrected chi connectivity index (χ2v) is 7.59. The zero-order valence-electron chi connectivity index (χ0n) is 14.8. The van der Waals surface area contributed by atoms with Crippen LogP contribution in [0, 0.1) is 0 Å². The van der Waals surface area contributed by atoms with Crippen molar-refractivity contribution < 1.29 is 19.4 Å². The van der Waals surface area contributed by atoms with Crippen LogP contribution in [-0.4, -0.2) is 63.5 Å². The fraction of sp³-hybridized carbons (Fsp3) is 0.778. The van der Waals surface area contributed by atoms with Crippen molar-refractivity contribution in [3.8, 4) is 0 Å². The molecule has 7 heteroatoms. The number of aliphatic carboxylic acids is 1. The molecule has 2 saturated carbocycles. The summed E-state index contributed by atoms with van der Waals surface area (Å²) in [5.41, 5.74) is -0.125. The number of methoxy groups -OCH3 is 1. The summed E-state index contributed by atoms with van der Waals surface area (Å²) in [5, 5.41) is 8.87. The number of likely N-dealkylation sites (tertiary alicyclic amines) is 1. The monoisotopic (exact) mass is 349 g/mol. The molecule has 2 aliphatic carbocycles. The fourth-order valence-corrected chi connectivity index (χ4v) is 4.62. The first-order chi connectivity index (χ1) is 12.1. The summed E-state index contributed by atoms with van der Waals surface area (Å²) in [6.07, 6.45) is 10.1. The molecule has 25 heavy (non-hydrogen) atoms. The molecule has 4 rings (SSSR count). The molecule has 1 saturated heterocycles. The molecule has 3 fully saturated rings. The highest BCUT2D eigenvalue weighted by Crippen LogP contribution is 2.44. The van der Waals surface area contributed by atoms with Crippen LogP contribution in [0.15, 0.2) is 12.4 Å². The minimum atomic E-state index is -0.904. The Bertz CT molecular complexity index is 630. The van der Waals surface area contributed by atoms with Crippen LogP contribution in [0.3, 0.4) is 0 Å². The van der Waals surface area contributed by atoms with Gasteiger partial charge < -0.3 is 19.1 Å². The van der Waals surface area contributed by atoms with Crippen molar-refractivity contribution in [3.63, 3.8) is 0 Å². The van der Waals surface area contributed by atoms with Crippen molar-refractivity contribution in [2.45, 2.75) is 68.9 Å². The quantitative estimate of drug-likeness (QED) is 0.809. The van der Waals surface area contributed by atoms with Gasteiger partial charge in [0.1, 0.15) is 12.4 Å². The number of fused-ring (bicyclic) bond motifs is 1. The number of ether oxygens (including phenoxy) is 2. The van der Waals surface area contributed by atoms with Crippen molar-refractivity contribution in [1.82, 2.24) is 14.5 Å². The van der Waals surface area contributed by atoms with Crippen molar-refractivity contribution in [3.05, 3.63) is 18.2 Å². The molecule has 1 aromatic rings. The molecule has 3 aliphatic rings. The largest absolute Gasteiger partial charge is 0.480 e. The molecular weight excluding hydrogens is 322 g/mol. The molecule has 0 aromatic carbocycles. The normalized spacial score (nSPS) is 32.7. The van der Waals surface area contributed by atoms with E-state index in [0.29, 0.717) is 6.04 Å². The Morgan fingerprint density at radius 3 is 2.96 bits per heavy atom. The van der Waals surface area contributed by atoms with Crippen LogP contribution in [0.4, 0.5) is 0 Å². The van der Waals surface area contributed by atoms with E-state index >= 15 is 0 Å². The molecule has 0 spiro atoms. The molecular formula is C18H27N3O4. The van der Waals surface area contributed by atoms with E-state index in [-0.39, 0.29) is 24.4 Å². The smallest absolute Gasteiger partial charge is 0.329 e. The van der Waals surface area contributed by atoms with E-state index in [0.717, 1.165) is 44.6 Å². The van der Waals surface area contributed by atoms with Crippen LogP contribution >= 0.6 is 0 Å². The van der Waals surface area contributed by atoms with Gasteiger partial charge in [-0.05, 0) is 38.5 Å². The lowest BCUT2D eigenvalue weighted by Crippen LogP contribution is -2.51. The highest BCUT2D eigenvalue weighted by atomic mass is 16.5. The molecule has 0 amide bonds. The van der Waals surface area contributed by atoms with E-state index in [9.17, 15) is 4.79 Å². The SMILES string of the molecule is CO[C@@]12CC[C@@H](OCC(=O)O)C[C@@H]1N(Cc1nccn1C1CC1)CC2. The Morgan fingerprint density at radius 1 is 1.40 bits per heavy atom. The number of hydrogen-bond donors (Lipinski definition) is 1. The summed E-state index contributed by atoms with van der Waals surface area (Å²) in [6.45, 7) is 1.59. The molecule has 138 valence electrons. The van der Waals surface area contributed by atoms with E-state index in [2.05, 4.69) is 20.6 Å². The summed E-state index contributed by atoms with van der Waals surface area (Å²) < 4.78 is 13.9. The Balaban J connectivity index is 1.46. The zero-order valence-corrected chi connectivity index (χ0v) is 14.8. The van der Waals surface area contributed by atoms with Crippen molar-refractivity contribution in [2.24, 2.45) is 0 Å². The van der Waals surface area contributed by atoms with Gasteiger partial charge in [0.2, 0.25) is 0 Å². The van der Waals surface area contributed by atoms with Crippen LogP contribution in [0.5, 0.6) is 0 Å². The van der Waals surface area contributed by atoms with Crippen LogP contribution in [0.1, 0.15) is 50.4 Å². The van der Waals surface area contributed by atoms with Crippen molar-refractivity contribution >= 4 is 5.97 Å². The van der Waals surface area contributed by atoms with Crippen LogP contribution in [-0.2, 0) is 20.8 Å². The average molecular weight is 349 g/mol. The highest BCUT2D eigenvalue weighted by Gasteiger charge is 2.51. The summed E-state index contributed by atoms with van der Waals surface area (Å²) in [6, 6.07) is 0.889. The fourth-order valence-electron chi connectivity index (χ4n) is 4.62. The van der Waals surface area contributed by atoms with Crippen molar-refractivity contribution in [1.29, 1.82) is 0 Å². The third-order valence-electron chi connectivity index (χ3n) is 6.13. The van der Waals surface area contributed by atoms with Gasteiger partial charge in [0.15, 0.2) is 0 Å². The lowest BCUT2D eigenvalue weighted by atomic mass is 9.79. The van der Waals surface area contributed by atoms with Crippen LogP contribution in [0.2, 0.25) is 0 Å². The zero-order chi connectivity index (χ0) is 17.4. The first kappa shape index (κ1) is 17.0. The minimum Gasteiger partial charge on any atom is -0.480 e. The van der Waals surface area contributed by atoms with E-state index in [4.69, 9.17) is 14.6 Å². The molecule has 2 heterocycles. The third kappa shape index (κ3) is 3.32. The lowest BCUT2D eigenvalue weighted by molar-refractivity contribution is -0.148. The molecule has 0 radical (unpaired) electrons. The molecule has 3 atom stereocenters.